The maximum absolute atomic E-state index is 2.49. The second kappa shape index (κ2) is 7.76. The number of rotatable bonds is 6. The van der Waals surface area contributed by atoms with Crippen LogP contribution in [0, 0.1) is 11.8 Å². The van der Waals surface area contributed by atoms with E-state index < -0.39 is 0 Å². The smallest absolute Gasteiger partial charge is 0.0172 e. The average Bonchev–Trinajstić information content (AvgIpc) is 2.27. The Kier molecular flexibility index (Phi) is 6.59. The van der Waals surface area contributed by atoms with Crippen LogP contribution in [0.15, 0.2) is 12.3 Å². The second-order valence-corrected chi connectivity index (χ2v) is 5.74. The van der Waals surface area contributed by atoms with Gasteiger partial charge in [-0.25, -0.2) is 0 Å². The van der Waals surface area contributed by atoms with Gasteiger partial charge in [-0.3, -0.25) is 0 Å². The van der Waals surface area contributed by atoms with E-state index in [2.05, 4.69) is 37.9 Å². The lowest BCUT2D eigenvalue weighted by Gasteiger charge is -2.25. The molecule has 1 fully saturated rings. The molecule has 1 aliphatic heterocycles. The largest absolute Gasteiger partial charge is 0.378 e. The Bertz CT molecular complexity index is 190. The van der Waals surface area contributed by atoms with Gasteiger partial charge in [-0.15, -0.1) is 0 Å². The molecule has 0 aromatic rings. The Balaban J connectivity index is 2.11. The molecule has 1 heterocycles. The van der Waals surface area contributed by atoms with Crippen LogP contribution in [0.5, 0.6) is 0 Å². The fourth-order valence-electron chi connectivity index (χ4n) is 2.28. The van der Waals surface area contributed by atoms with E-state index >= 15 is 0 Å². The summed E-state index contributed by atoms with van der Waals surface area (Å²) in [5, 5.41) is 0. The van der Waals surface area contributed by atoms with Gasteiger partial charge >= 0.3 is 0 Å². The zero-order valence-electron chi connectivity index (χ0n) is 11.4. The van der Waals surface area contributed by atoms with E-state index in [1.54, 1.807) is 0 Å². The van der Waals surface area contributed by atoms with Gasteiger partial charge < -0.3 is 4.90 Å². The highest BCUT2D eigenvalue weighted by Gasteiger charge is 2.05. The number of piperidine rings is 1. The van der Waals surface area contributed by atoms with E-state index in [0.717, 1.165) is 11.8 Å². The summed E-state index contributed by atoms with van der Waals surface area (Å²) in [6.07, 6.45) is 13.0. The first kappa shape index (κ1) is 13.6. The van der Waals surface area contributed by atoms with Crippen molar-refractivity contribution in [3.05, 3.63) is 12.3 Å². The van der Waals surface area contributed by atoms with Crippen molar-refractivity contribution < 1.29 is 0 Å². The van der Waals surface area contributed by atoms with Gasteiger partial charge in [-0.05, 0) is 43.7 Å². The molecule has 0 spiro atoms. The molecule has 0 aromatic heterocycles. The first-order chi connectivity index (χ1) is 7.68. The second-order valence-electron chi connectivity index (χ2n) is 5.74. The molecule has 0 aliphatic carbocycles. The lowest BCUT2D eigenvalue weighted by molar-refractivity contribution is 0.307. The first-order valence-corrected chi connectivity index (χ1v) is 7.11. The number of hydrogen-bond donors (Lipinski definition) is 0. The predicted octanol–water partition coefficient (Wildman–Crippen LogP) is 4.45. The molecule has 0 saturated carbocycles. The van der Waals surface area contributed by atoms with Crippen LogP contribution in [0.3, 0.4) is 0 Å². The lowest BCUT2D eigenvalue weighted by Crippen LogP contribution is -2.24. The van der Waals surface area contributed by atoms with E-state index in [4.69, 9.17) is 0 Å². The van der Waals surface area contributed by atoms with Crippen LogP contribution < -0.4 is 0 Å². The summed E-state index contributed by atoms with van der Waals surface area (Å²) in [5.41, 5.74) is 0. The third kappa shape index (κ3) is 6.19. The molecular weight excluding hydrogens is 194 g/mol. The number of allylic oxidation sites excluding steroid dienone is 1. The zero-order valence-corrected chi connectivity index (χ0v) is 11.4. The summed E-state index contributed by atoms with van der Waals surface area (Å²) in [6.45, 7) is 9.52. The Labute approximate surface area is 102 Å². The Morgan fingerprint density at radius 1 is 1.00 bits per heavy atom. The van der Waals surface area contributed by atoms with Gasteiger partial charge in [0, 0.05) is 13.1 Å². The van der Waals surface area contributed by atoms with E-state index in [1.165, 1.54) is 51.6 Å². The first-order valence-electron chi connectivity index (χ1n) is 7.11. The van der Waals surface area contributed by atoms with Crippen LogP contribution in [0.25, 0.3) is 0 Å². The van der Waals surface area contributed by atoms with Crippen molar-refractivity contribution in [1.82, 2.24) is 4.90 Å². The highest BCUT2D eigenvalue weighted by Crippen LogP contribution is 2.15. The molecule has 1 aliphatic rings. The van der Waals surface area contributed by atoms with Gasteiger partial charge in [0.25, 0.3) is 0 Å². The van der Waals surface area contributed by atoms with Crippen LogP contribution in [-0.2, 0) is 0 Å². The fraction of sp³-hybridized carbons (Fsp3) is 0.867. The van der Waals surface area contributed by atoms with Gasteiger partial charge in [0.2, 0.25) is 0 Å². The summed E-state index contributed by atoms with van der Waals surface area (Å²) in [5.74, 6) is 1.61. The summed E-state index contributed by atoms with van der Waals surface area (Å²) in [4.78, 5) is 2.49. The Hall–Kier alpha value is -0.460. The van der Waals surface area contributed by atoms with Gasteiger partial charge in [-0.1, -0.05) is 39.7 Å². The molecule has 1 heteroatoms. The van der Waals surface area contributed by atoms with Crippen molar-refractivity contribution in [2.75, 3.05) is 13.1 Å². The summed E-state index contributed by atoms with van der Waals surface area (Å²) >= 11 is 0. The monoisotopic (exact) mass is 223 g/mol. The van der Waals surface area contributed by atoms with E-state index in [0.29, 0.717) is 0 Å². The molecule has 1 saturated heterocycles. The summed E-state index contributed by atoms with van der Waals surface area (Å²) in [7, 11) is 0. The third-order valence-electron chi connectivity index (χ3n) is 3.46. The van der Waals surface area contributed by atoms with Crippen LogP contribution in [-0.4, -0.2) is 18.0 Å². The fourth-order valence-corrected chi connectivity index (χ4v) is 2.28. The van der Waals surface area contributed by atoms with Gasteiger partial charge in [0.1, 0.15) is 0 Å². The van der Waals surface area contributed by atoms with Gasteiger partial charge in [0.15, 0.2) is 0 Å². The Morgan fingerprint density at radius 2 is 1.69 bits per heavy atom. The van der Waals surface area contributed by atoms with Gasteiger partial charge in [-0.2, -0.15) is 0 Å². The molecule has 0 aromatic carbocycles. The molecule has 16 heavy (non-hydrogen) atoms. The molecule has 0 N–H and O–H groups in total. The van der Waals surface area contributed by atoms with Crippen molar-refractivity contribution in [2.45, 2.75) is 59.3 Å². The van der Waals surface area contributed by atoms with Crippen molar-refractivity contribution in [1.29, 1.82) is 0 Å². The lowest BCUT2D eigenvalue weighted by atomic mass is 9.99. The van der Waals surface area contributed by atoms with Crippen LogP contribution in [0.2, 0.25) is 0 Å². The van der Waals surface area contributed by atoms with Gasteiger partial charge in [0.05, 0.1) is 0 Å². The van der Waals surface area contributed by atoms with Crippen LogP contribution in [0.1, 0.15) is 59.3 Å². The van der Waals surface area contributed by atoms with E-state index in [1.807, 2.05) is 0 Å². The highest BCUT2D eigenvalue weighted by molar-refractivity contribution is 4.87. The molecule has 1 unspecified atom stereocenters. The van der Waals surface area contributed by atoms with Crippen LogP contribution >= 0.6 is 0 Å². The van der Waals surface area contributed by atoms with E-state index in [-0.39, 0.29) is 0 Å². The normalized spacial score (nSPS) is 19.6. The quantitative estimate of drug-likeness (QED) is 0.643. The van der Waals surface area contributed by atoms with Crippen molar-refractivity contribution >= 4 is 0 Å². The standard InChI is InChI=1S/C15H29N/c1-14(2)8-7-9-15(3)10-13-16-11-5-4-6-12-16/h10,13-15H,4-9,11-12H2,1-3H3. The third-order valence-corrected chi connectivity index (χ3v) is 3.46. The molecule has 1 nitrogen and oxygen atoms in total. The molecule has 1 rings (SSSR count). The minimum atomic E-state index is 0.751. The molecule has 0 bridgehead atoms. The maximum Gasteiger partial charge on any atom is 0.0172 e. The minimum absolute atomic E-state index is 0.751. The SMILES string of the molecule is CC(C)CCCC(C)C=CN1CCCCC1. The average molecular weight is 223 g/mol. The number of likely N-dealkylation sites (tertiary alicyclic amines) is 1. The molecular formula is C15H29N. The summed E-state index contributed by atoms with van der Waals surface area (Å²) in [6, 6.07) is 0. The van der Waals surface area contributed by atoms with Crippen LogP contribution in [0.4, 0.5) is 0 Å². The topological polar surface area (TPSA) is 3.24 Å². The maximum atomic E-state index is 2.49. The van der Waals surface area contributed by atoms with E-state index in [9.17, 15) is 0 Å². The molecule has 0 radical (unpaired) electrons. The predicted molar refractivity (Wildman–Crippen MR) is 72.4 cm³/mol. The molecule has 1 atom stereocenters. The molecule has 94 valence electrons. The summed E-state index contributed by atoms with van der Waals surface area (Å²) < 4.78 is 0. The minimum Gasteiger partial charge on any atom is -0.378 e. The number of hydrogen-bond acceptors (Lipinski definition) is 1. The van der Waals surface area contributed by atoms with Crippen molar-refractivity contribution in [3.8, 4) is 0 Å². The van der Waals surface area contributed by atoms with Crippen molar-refractivity contribution in [2.24, 2.45) is 11.8 Å². The Morgan fingerprint density at radius 3 is 2.31 bits per heavy atom. The van der Waals surface area contributed by atoms with Crippen molar-refractivity contribution in [3.63, 3.8) is 0 Å². The molecule has 0 amide bonds. The highest BCUT2D eigenvalue weighted by atomic mass is 15.1. The number of nitrogens with zero attached hydrogens (tertiary/aromatic N) is 1. The zero-order chi connectivity index (χ0) is 11.8.